The zero-order chi connectivity index (χ0) is 32.6. The Morgan fingerprint density at radius 2 is 1.69 bits per heavy atom. The molecule has 0 aliphatic heterocycles. The van der Waals surface area contributed by atoms with Gasteiger partial charge in [0.25, 0.3) is 0 Å². The normalized spacial score (nSPS) is 41.3. The van der Waals surface area contributed by atoms with Crippen LogP contribution in [0.2, 0.25) is 0 Å². The highest BCUT2D eigenvalue weighted by Gasteiger charge is 2.70. The summed E-state index contributed by atoms with van der Waals surface area (Å²) in [6.45, 7) is 16.9. The Morgan fingerprint density at radius 1 is 0.956 bits per heavy atom. The maximum atomic E-state index is 14.1. The van der Waals surface area contributed by atoms with Crippen LogP contribution >= 0.6 is 0 Å². The molecule has 6 nitrogen and oxygen atoms in total. The fourth-order valence-electron chi connectivity index (χ4n) is 12.0. The van der Waals surface area contributed by atoms with E-state index in [0.29, 0.717) is 25.3 Å². The van der Waals surface area contributed by atoms with Crippen LogP contribution < -0.4 is 5.32 Å². The number of rotatable bonds is 5. The molecule has 6 heteroatoms. The Labute approximate surface area is 270 Å². The largest absolute Gasteiger partial charge is 0.469 e. The van der Waals surface area contributed by atoms with Gasteiger partial charge in [-0.2, -0.15) is 0 Å². The Balaban J connectivity index is 1.33. The molecule has 5 aliphatic rings. The predicted molar refractivity (Wildman–Crippen MR) is 176 cm³/mol. The van der Waals surface area contributed by atoms with Gasteiger partial charge in [0.15, 0.2) is 5.78 Å². The van der Waals surface area contributed by atoms with Crippen molar-refractivity contribution >= 4 is 17.7 Å². The number of amides is 1. The van der Waals surface area contributed by atoms with Gasteiger partial charge in [-0.15, -0.1) is 0 Å². The maximum absolute atomic E-state index is 14.1. The summed E-state index contributed by atoms with van der Waals surface area (Å²) >= 11 is 0. The van der Waals surface area contributed by atoms with Gasteiger partial charge in [-0.25, -0.2) is 0 Å². The van der Waals surface area contributed by atoms with Crippen LogP contribution in [0.3, 0.4) is 0 Å². The number of aromatic nitrogens is 1. The van der Waals surface area contributed by atoms with E-state index in [1.54, 1.807) is 13.3 Å². The van der Waals surface area contributed by atoms with Crippen LogP contribution in [0.15, 0.2) is 36.0 Å². The molecule has 6 rings (SSSR count). The zero-order valence-electron chi connectivity index (χ0n) is 29.1. The van der Waals surface area contributed by atoms with Gasteiger partial charge >= 0.3 is 5.97 Å². The van der Waals surface area contributed by atoms with Gasteiger partial charge < -0.3 is 10.1 Å². The number of Topliss-reactive ketones (excluding diaryl/α,β-unsaturated/α-hetero) is 1. The molecule has 246 valence electrons. The van der Waals surface area contributed by atoms with E-state index in [9.17, 15) is 14.4 Å². The maximum Gasteiger partial charge on any atom is 0.312 e. The Morgan fingerprint density at radius 3 is 2.38 bits per heavy atom. The summed E-state index contributed by atoms with van der Waals surface area (Å²) in [5, 5.41) is 3.12. The number of methoxy groups -OCH3 is 1. The fraction of sp³-hybridized carbons (Fsp3) is 0.744. The first kappa shape index (κ1) is 32.4. The topological polar surface area (TPSA) is 85.4 Å². The third kappa shape index (κ3) is 4.69. The molecule has 0 aromatic carbocycles. The third-order valence-electron chi connectivity index (χ3n) is 14.7. The van der Waals surface area contributed by atoms with Crippen molar-refractivity contribution in [1.29, 1.82) is 0 Å². The van der Waals surface area contributed by atoms with Crippen LogP contribution in [0.25, 0.3) is 0 Å². The van der Waals surface area contributed by atoms with Crippen molar-refractivity contribution in [1.82, 2.24) is 10.3 Å². The van der Waals surface area contributed by atoms with Crippen molar-refractivity contribution < 1.29 is 19.1 Å². The summed E-state index contributed by atoms with van der Waals surface area (Å²) in [4.78, 5) is 45.8. The van der Waals surface area contributed by atoms with Crippen molar-refractivity contribution in [3.8, 4) is 0 Å². The smallest absolute Gasteiger partial charge is 0.312 e. The van der Waals surface area contributed by atoms with E-state index in [1.165, 1.54) is 5.57 Å². The number of nitrogens with one attached hydrogen (secondary N) is 1. The molecule has 4 fully saturated rings. The minimum atomic E-state index is -0.636. The molecule has 1 N–H and O–H groups in total. The number of fused-ring (bicyclic) bond motifs is 7. The van der Waals surface area contributed by atoms with Gasteiger partial charge in [0, 0.05) is 30.3 Å². The number of carbonyl (C=O) groups excluding carboxylic acids is 3. The molecule has 8 unspecified atom stereocenters. The molecular formula is C39H56N2O4. The van der Waals surface area contributed by atoms with E-state index in [2.05, 4.69) is 64.8 Å². The molecular weight excluding hydrogens is 560 g/mol. The monoisotopic (exact) mass is 616 g/mol. The predicted octanol–water partition coefficient (Wildman–Crippen LogP) is 7.51. The number of nitrogens with zero attached hydrogens (tertiary/aromatic N) is 1. The van der Waals surface area contributed by atoms with Gasteiger partial charge in [-0.1, -0.05) is 66.2 Å². The second-order valence-corrected chi connectivity index (χ2v) is 17.6. The first-order chi connectivity index (χ1) is 21.1. The van der Waals surface area contributed by atoms with Crippen LogP contribution in [-0.4, -0.2) is 36.3 Å². The standard InChI is InChI=1S/C39H56N2O4/c1-34(2)17-19-39(33(44)45-8)20-18-37(6)27(28(39)24-34)12-13-30-36(5)23-26(32(43)41-22-15-25-11-9-10-21-40-25)31(42)35(3,4)29(36)14-16-38(30,37)7/h9-12,21,26,28-30H,13-20,22-24H2,1-8H3,(H,41,43). The number of hydrogen-bond donors (Lipinski definition) is 1. The minimum Gasteiger partial charge on any atom is -0.469 e. The number of hydrogen-bond acceptors (Lipinski definition) is 5. The van der Waals surface area contributed by atoms with Crippen LogP contribution in [-0.2, 0) is 25.5 Å². The average Bonchev–Trinajstić information content (AvgIpc) is 2.99. The van der Waals surface area contributed by atoms with Crippen molar-refractivity contribution in [2.45, 2.75) is 113 Å². The van der Waals surface area contributed by atoms with Crippen LogP contribution in [0.5, 0.6) is 0 Å². The number of carbonyl (C=O) groups is 3. The van der Waals surface area contributed by atoms with E-state index >= 15 is 0 Å². The minimum absolute atomic E-state index is 0.0154. The molecule has 1 amide bonds. The fourth-order valence-corrected chi connectivity index (χ4v) is 12.0. The van der Waals surface area contributed by atoms with Crippen molar-refractivity contribution in [3.63, 3.8) is 0 Å². The van der Waals surface area contributed by atoms with Gasteiger partial charge in [0.2, 0.25) is 5.91 Å². The molecule has 8 atom stereocenters. The third-order valence-corrected chi connectivity index (χ3v) is 14.7. The highest BCUT2D eigenvalue weighted by Crippen LogP contribution is 2.75. The van der Waals surface area contributed by atoms with Crippen molar-refractivity contribution in [2.24, 2.45) is 56.2 Å². The lowest BCUT2D eigenvalue weighted by atomic mass is 9.33. The number of ether oxygens (including phenoxy) is 1. The Hall–Kier alpha value is -2.50. The molecule has 1 aromatic rings. The number of ketones is 1. The Kier molecular flexibility index (Phi) is 7.76. The van der Waals surface area contributed by atoms with E-state index < -0.39 is 16.7 Å². The van der Waals surface area contributed by atoms with Gasteiger partial charge in [0.05, 0.1) is 18.4 Å². The van der Waals surface area contributed by atoms with Crippen molar-refractivity contribution in [3.05, 3.63) is 41.7 Å². The lowest BCUT2D eigenvalue weighted by Gasteiger charge is -2.71. The number of pyridine rings is 1. The Bertz CT molecular complexity index is 1400. The quantitative estimate of drug-likeness (QED) is 0.210. The summed E-state index contributed by atoms with van der Waals surface area (Å²) in [6, 6.07) is 5.82. The van der Waals surface area contributed by atoms with E-state index in [0.717, 1.165) is 57.1 Å². The molecule has 4 saturated carbocycles. The summed E-state index contributed by atoms with van der Waals surface area (Å²) in [5.41, 5.74) is 1.47. The summed E-state index contributed by atoms with van der Waals surface area (Å²) in [7, 11) is 1.56. The number of esters is 1. The summed E-state index contributed by atoms with van der Waals surface area (Å²) in [5.74, 6) is 0.124. The first-order valence-electron chi connectivity index (χ1n) is 17.6. The molecule has 1 heterocycles. The lowest BCUT2D eigenvalue weighted by Crippen LogP contribution is -2.66. The van der Waals surface area contributed by atoms with Gasteiger partial charge in [0.1, 0.15) is 0 Å². The highest BCUT2D eigenvalue weighted by molar-refractivity contribution is 6.04. The van der Waals surface area contributed by atoms with Gasteiger partial charge in [-0.05, 0) is 109 Å². The second-order valence-electron chi connectivity index (χ2n) is 17.6. The second kappa shape index (κ2) is 10.8. The number of allylic oxidation sites excluding steroid dienone is 2. The zero-order valence-corrected chi connectivity index (χ0v) is 29.1. The van der Waals surface area contributed by atoms with Gasteiger partial charge in [-0.3, -0.25) is 19.4 Å². The van der Waals surface area contributed by atoms with Crippen molar-refractivity contribution in [2.75, 3.05) is 13.7 Å². The molecule has 0 radical (unpaired) electrons. The summed E-state index contributed by atoms with van der Waals surface area (Å²) in [6.07, 6.45) is 13.4. The molecule has 1 aromatic heterocycles. The van der Waals surface area contributed by atoms with Crippen LogP contribution in [0.1, 0.15) is 112 Å². The van der Waals surface area contributed by atoms with E-state index in [-0.39, 0.29) is 51.2 Å². The van der Waals surface area contributed by atoms with E-state index in [4.69, 9.17) is 4.74 Å². The van der Waals surface area contributed by atoms with Crippen LogP contribution in [0, 0.1) is 56.2 Å². The average molecular weight is 617 g/mol. The first-order valence-corrected chi connectivity index (χ1v) is 17.6. The van der Waals surface area contributed by atoms with Crippen LogP contribution in [0.4, 0.5) is 0 Å². The lowest BCUT2D eigenvalue weighted by molar-refractivity contribution is -0.196. The molecule has 5 aliphatic carbocycles. The van der Waals surface area contributed by atoms with E-state index in [1.807, 2.05) is 18.2 Å². The SMILES string of the molecule is COC(=O)C12CCC(C)(C)CC1C1=CCC3C4(C)CC(C(=O)NCCc5ccccn5)C(=O)C(C)(C)C4CCC3(C)C1(C)CC2. The summed E-state index contributed by atoms with van der Waals surface area (Å²) < 4.78 is 5.53. The molecule has 0 bridgehead atoms. The molecule has 45 heavy (non-hydrogen) atoms. The molecule has 0 saturated heterocycles. The molecule has 0 spiro atoms. The highest BCUT2D eigenvalue weighted by atomic mass is 16.5.